The van der Waals surface area contributed by atoms with E-state index in [1.54, 1.807) is 6.92 Å². The average Bonchev–Trinajstić information content (AvgIpc) is 2.42. The molecule has 2 N–H and O–H groups in total. The van der Waals surface area contributed by atoms with Crippen LogP contribution in [0.4, 0.5) is 0 Å². The van der Waals surface area contributed by atoms with E-state index in [1.807, 2.05) is 11.8 Å². The third-order valence-corrected chi connectivity index (χ3v) is 3.36. The van der Waals surface area contributed by atoms with Gasteiger partial charge in [-0.25, -0.2) is 0 Å². The fraction of sp³-hybridized carbons (Fsp3) is 0.846. The monoisotopic (exact) mass is 270 g/mol. The first kappa shape index (κ1) is 15.9. The van der Waals surface area contributed by atoms with E-state index in [1.165, 1.54) is 0 Å². The number of hydrogen-bond donors (Lipinski definition) is 2. The highest BCUT2D eigenvalue weighted by molar-refractivity contribution is 5.83. The molecule has 1 atom stereocenters. The molecule has 6 heteroatoms. The molecule has 0 aromatic rings. The Bertz CT molecular complexity index is 301. The predicted octanol–water partition coefficient (Wildman–Crippen LogP) is -0.735. The first-order valence-electron chi connectivity index (χ1n) is 7.02. The lowest BCUT2D eigenvalue weighted by atomic mass is 10.3. The second kappa shape index (κ2) is 8.12. The minimum Gasteiger partial charge on any atom is -0.355 e. The number of carbonyl (C=O) groups is 2. The summed E-state index contributed by atoms with van der Waals surface area (Å²) < 4.78 is 0. The SMILES string of the molecule is CCCNC(=O)C(C)NCC(=O)N1CCN(C)CC1. The molecule has 1 aliphatic rings. The fourth-order valence-electron chi connectivity index (χ4n) is 1.90. The zero-order chi connectivity index (χ0) is 14.3. The summed E-state index contributed by atoms with van der Waals surface area (Å²) >= 11 is 0. The summed E-state index contributed by atoms with van der Waals surface area (Å²) in [4.78, 5) is 27.6. The van der Waals surface area contributed by atoms with Crippen LogP contribution in [0, 0.1) is 0 Å². The van der Waals surface area contributed by atoms with Crippen molar-refractivity contribution in [1.29, 1.82) is 0 Å². The van der Waals surface area contributed by atoms with E-state index in [-0.39, 0.29) is 24.4 Å². The molecule has 1 rings (SSSR count). The molecule has 0 radical (unpaired) electrons. The summed E-state index contributed by atoms with van der Waals surface area (Å²) in [7, 11) is 2.06. The van der Waals surface area contributed by atoms with Crippen molar-refractivity contribution >= 4 is 11.8 Å². The summed E-state index contributed by atoms with van der Waals surface area (Å²) in [5, 5.41) is 5.79. The van der Waals surface area contributed by atoms with E-state index in [4.69, 9.17) is 0 Å². The summed E-state index contributed by atoms with van der Waals surface area (Å²) in [5.41, 5.74) is 0. The molecule has 0 spiro atoms. The third kappa shape index (κ3) is 5.57. The zero-order valence-corrected chi connectivity index (χ0v) is 12.2. The summed E-state index contributed by atoms with van der Waals surface area (Å²) in [6, 6.07) is -0.331. The van der Waals surface area contributed by atoms with E-state index in [0.29, 0.717) is 6.54 Å². The quantitative estimate of drug-likeness (QED) is 0.667. The highest BCUT2D eigenvalue weighted by Crippen LogP contribution is 1.99. The molecule has 1 unspecified atom stereocenters. The van der Waals surface area contributed by atoms with Crippen molar-refractivity contribution in [3.8, 4) is 0 Å². The molecule has 6 nitrogen and oxygen atoms in total. The van der Waals surface area contributed by atoms with Crippen LogP contribution in [-0.2, 0) is 9.59 Å². The number of nitrogens with one attached hydrogen (secondary N) is 2. The highest BCUT2D eigenvalue weighted by Gasteiger charge is 2.20. The highest BCUT2D eigenvalue weighted by atomic mass is 16.2. The fourth-order valence-corrected chi connectivity index (χ4v) is 1.90. The van der Waals surface area contributed by atoms with E-state index in [0.717, 1.165) is 32.6 Å². The number of likely N-dealkylation sites (N-methyl/N-ethyl adjacent to an activating group) is 1. The molecule has 0 saturated carbocycles. The Morgan fingerprint density at radius 1 is 1.21 bits per heavy atom. The molecule has 2 amide bonds. The molecule has 1 fully saturated rings. The normalized spacial score (nSPS) is 18.2. The van der Waals surface area contributed by atoms with E-state index >= 15 is 0 Å². The Labute approximate surface area is 115 Å². The number of carbonyl (C=O) groups excluding carboxylic acids is 2. The Hall–Kier alpha value is -1.14. The van der Waals surface area contributed by atoms with Gasteiger partial charge in [0.2, 0.25) is 11.8 Å². The second-order valence-electron chi connectivity index (χ2n) is 5.08. The van der Waals surface area contributed by atoms with Crippen LogP contribution < -0.4 is 10.6 Å². The van der Waals surface area contributed by atoms with Crippen molar-refractivity contribution in [2.75, 3.05) is 46.3 Å². The molecule has 1 heterocycles. The molecule has 0 aromatic carbocycles. The molecule has 1 aliphatic heterocycles. The third-order valence-electron chi connectivity index (χ3n) is 3.36. The number of nitrogens with zero attached hydrogens (tertiary/aromatic N) is 2. The van der Waals surface area contributed by atoms with Crippen molar-refractivity contribution in [2.24, 2.45) is 0 Å². The standard InChI is InChI=1S/C13H26N4O2/c1-4-5-14-13(19)11(2)15-10-12(18)17-8-6-16(3)7-9-17/h11,15H,4-10H2,1-3H3,(H,14,19). The maximum absolute atomic E-state index is 12.0. The van der Waals surface area contributed by atoms with Crippen LogP contribution in [0.25, 0.3) is 0 Å². The maximum atomic E-state index is 12.0. The van der Waals surface area contributed by atoms with Gasteiger partial charge in [-0.2, -0.15) is 0 Å². The van der Waals surface area contributed by atoms with Gasteiger partial charge in [0, 0.05) is 32.7 Å². The molecule has 110 valence electrons. The lowest BCUT2D eigenvalue weighted by molar-refractivity contribution is -0.132. The van der Waals surface area contributed by atoms with Gasteiger partial charge in [0.25, 0.3) is 0 Å². The van der Waals surface area contributed by atoms with Crippen LogP contribution in [0.2, 0.25) is 0 Å². The maximum Gasteiger partial charge on any atom is 0.236 e. The second-order valence-corrected chi connectivity index (χ2v) is 5.08. The zero-order valence-electron chi connectivity index (χ0n) is 12.2. The summed E-state index contributed by atoms with van der Waals surface area (Å²) in [6.07, 6.45) is 0.915. The van der Waals surface area contributed by atoms with Gasteiger partial charge < -0.3 is 15.1 Å². The Kier molecular flexibility index (Phi) is 6.80. The van der Waals surface area contributed by atoms with Crippen molar-refractivity contribution < 1.29 is 9.59 Å². The predicted molar refractivity (Wildman–Crippen MR) is 74.8 cm³/mol. The van der Waals surface area contributed by atoms with Crippen molar-refractivity contribution in [1.82, 2.24) is 20.4 Å². The first-order valence-corrected chi connectivity index (χ1v) is 7.02. The van der Waals surface area contributed by atoms with Crippen molar-refractivity contribution in [3.05, 3.63) is 0 Å². The van der Waals surface area contributed by atoms with Gasteiger partial charge in [-0.1, -0.05) is 6.92 Å². The minimum absolute atomic E-state index is 0.0481. The van der Waals surface area contributed by atoms with Gasteiger partial charge in [-0.3, -0.25) is 14.9 Å². The molecular weight excluding hydrogens is 244 g/mol. The van der Waals surface area contributed by atoms with E-state index < -0.39 is 0 Å². The van der Waals surface area contributed by atoms with Gasteiger partial charge in [-0.05, 0) is 20.4 Å². The molecule has 0 aromatic heterocycles. The smallest absolute Gasteiger partial charge is 0.236 e. The molecule has 0 bridgehead atoms. The van der Waals surface area contributed by atoms with Crippen LogP contribution in [0.1, 0.15) is 20.3 Å². The van der Waals surface area contributed by atoms with Crippen molar-refractivity contribution in [3.63, 3.8) is 0 Å². The van der Waals surface area contributed by atoms with Crippen LogP contribution in [0.3, 0.4) is 0 Å². The van der Waals surface area contributed by atoms with Gasteiger partial charge >= 0.3 is 0 Å². The van der Waals surface area contributed by atoms with Gasteiger partial charge in [0.1, 0.15) is 0 Å². The topological polar surface area (TPSA) is 64.7 Å². The van der Waals surface area contributed by atoms with Crippen LogP contribution in [0.5, 0.6) is 0 Å². The number of amides is 2. The van der Waals surface area contributed by atoms with E-state index in [2.05, 4.69) is 22.6 Å². The molecular formula is C13H26N4O2. The number of piperazine rings is 1. The molecule has 19 heavy (non-hydrogen) atoms. The Morgan fingerprint density at radius 3 is 2.42 bits per heavy atom. The number of hydrogen-bond acceptors (Lipinski definition) is 4. The van der Waals surface area contributed by atoms with E-state index in [9.17, 15) is 9.59 Å². The Balaban J connectivity index is 2.24. The van der Waals surface area contributed by atoms with Gasteiger partial charge in [0.05, 0.1) is 12.6 Å². The van der Waals surface area contributed by atoms with Gasteiger partial charge in [0.15, 0.2) is 0 Å². The average molecular weight is 270 g/mol. The number of rotatable bonds is 6. The lowest BCUT2D eigenvalue weighted by Gasteiger charge is -2.32. The van der Waals surface area contributed by atoms with Crippen LogP contribution in [-0.4, -0.2) is 74.0 Å². The van der Waals surface area contributed by atoms with Crippen LogP contribution in [0.15, 0.2) is 0 Å². The lowest BCUT2D eigenvalue weighted by Crippen LogP contribution is -2.51. The largest absolute Gasteiger partial charge is 0.355 e. The van der Waals surface area contributed by atoms with Crippen molar-refractivity contribution in [2.45, 2.75) is 26.3 Å². The Morgan fingerprint density at radius 2 is 1.84 bits per heavy atom. The summed E-state index contributed by atoms with van der Waals surface area (Å²) in [5.74, 6) is 0.0243. The minimum atomic E-state index is -0.331. The summed E-state index contributed by atoms with van der Waals surface area (Å²) in [6.45, 7) is 8.07. The molecule has 0 aliphatic carbocycles. The molecule has 1 saturated heterocycles. The van der Waals surface area contributed by atoms with Crippen LogP contribution >= 0.6 is 0 Å². The first-order chi connectivity index (χ1) is 9.04. The van der Waals surface area contributed by atoms with Gasteiger partial charge in [-0.15, -0.1) is 0 Å².